The molecular formula is C18H22BrN. The maximum Gasteiger partial charge on any atom is 0.0552 e. The Bertz CT molecular complexity index is 560. The fourth-order valence-corrected chi connectivity index (χ4v) is 2.66. The number of nitrogens with two attached hydrogens (primary N) is 1. The largest absolute Gasteiger partial charge is 0.320 e. The van der Waals surface area contributed by atoms with E-state index in [1.165, 1.54) is 29.5 Å². The van der Waals surface area contributed by atoms with Crippen LogP contribution in [0.2, 0.25) is 0 Å². The number of unbranched alkanes of at least 4 members (excludes halogenated alkanes) is 1. The molecule has 0 radical (unpaired) electrons. The lowest BCUT2D eigenvalue weighted by Crippen LogP contribution is -2.12. The van der Waals surface area contributed by atoms with Crippen LogP contribution in [-0.4, -0.2) is 0 Å². The first-order chi connectivity index (χ1) is 9.61. The minimum absolute atomic E-state index is 0.0628. The predicted molar refractivity (Wildman–Crippen MR) is 90.0 cm³/mol. The molecule has 1 unspecified atom stereocenters. The lowest BCUT2D eigenvalue weighted by Gasteiger charge is -2.14. The lowest BCUT2D eigenvalue weighted by molar-refractivity contribution is 0.793. The van der Waals surface area contributed by atoms with Crippen LogP contribution in [0.4, 0.5) is 0 Å². The van der Waals surface area contributed by atoms with Crippen molar-refractivity contribution in [3.8, 4) is 0 Å². The van der Waals surface area contributed by atoms with Crippen LogP contribution in [0, 0.1) is 6.92 Å². The topological polar surface area (TPSA) is 26.0 Å². The van der Waals surface area contributed by atoms with E-state index in [-0.39, 0.29) is 6.04 Å². The first-order valence-corrected chi connectivity index (χ1v) is 8.01. The van der Waals surface area contributed by atoms with Gasteiger partial charge in [-0.3, -0.25) is 0 Å². The highest BCUT2D eigenvalue weighted by Gasteiger charge is 2.10. The standard InChI is InChI=1S/C18H22BrN/c1-3-4-5-14-7-10-15(11-8-14)18(20)16-9-6-13(2)17(19)12-16/h6-12,18H,3-5,20H2,1-2H3. The number of benzene rings is 2. The first-order valence-electron chi connectivity index (χ1n) is 7.22. The molecule has 2 aromatic carbocycles. The second-order valence-electron chi connectivity index (χ2n) is 5.33. The van der Waals surface area contributed by atoms with E-state index in [4.69, 9.17) is 5.73 Å². The molecule has 0 saturated carbocycles. The van der Waals surface area contributed by atoms with Gasteiger partial charge in [-0.1, -0.05) is 65.7 Å². The summed E-state index contributed by atoms with van der Waals surface area (Å²) in [5.74, 6) is 0. The van der Waals surface area contributed by atoms with E-state index >= 15 is 0 Å². The van der Waals surface area contributed by atoms with Gasteiger partial charge in [0.25, 0.3) is 0 Å². The van der Waals surface area contributed by atoms with E-state index in [9.17, 15) is 0 Å². The summed E-state index contributed by atoms with van der Waals surface area (Å²) < 4.78 is 1.12. The summed E-state index contributed by atoms with van der Waals surface area (Å²) >= 11 is 3.57. The zero-order valence-corrected chi connectivity index (χ0v) is 13.8. The number of aryl methyl sites for hydroxylation is 2. The van der Waals surface area contributed by atoms with Crippen molar-refractivity contribution in [2.24, 2.45) is 5.73 Å². The van der Waals surface area contributed by atoms with E-state index in [2.05, 4.69) is 72.2 Å². The third kappa shape index (κ3) is 3.71. The van der Waals surface area contributed by atoms with E-state index < -0.39 is 0 Å². The molecule has 20 heavy (non-hydrogen) atoms. The van der Waals surface area contributed by atoms with Crippen LogP contribution in [0.25, 0.3) is 0 Å². The fourth-order valence-electron chi connectivity index (χ4n) is 2.27. The zero-order valence-electron chi connectivity index (χ0n) is 12.2. The van der Waals surface area contributed by atoms with Crippen molar-refractivity contribution in [2.45, 2.75) is 39.2 Å². The second-order valence-corrected chi connectivity index (χ2v) is 6.19. The molecule has 1 nitrogen and oxygen atoms in total. The third-order valence-electron chi connectivity index (χ3n) is 3.71. The first kappa shape index (κ1) is 15.3. The van der Waals surface area contributed by atoms with Gasteiger partial charge < -0.3 is 5.73 Å². The Balaban J connectivity index is 2.15. The predicted octanol–water partition coefficient (Wildman–Crippen LogP) is 5.15. The molecule has 106 valence electrons. The minimum Gasteiger partial charge on any atom is -0.320 e. The molecule has 2 rings (SSSR count). The third-order valence-corrected chi connectivity index (χ3v) is 4.57. The molecule has 0 saturated heterocycles. The van der Waals surface area contributed by atoms with E-state index in [0.717, 1.165) is 16.5 Å². The highest BCUT2D eigenvalue weighted by molar-refractivity contribution is 9.10. The van der Waals surface area contributed by atoms with Crippen molar-refractivity contribution in [2.75, 3.05) is 0 Å². The van der Waals surface area contributed by atoms with Crippen LogP contribution in [-0.2, 0) is 6.42 Å². The van der Waals surface area contributed by atoms with Gasteiger partial charge in [0.05, 0.1) is 6.04 Å². The van der Waals surface area contributed by atoms with E-state index in [1.54, 1.807) is 0 Å². The molecule has 0 aromatic heterocycles. The summed E-state index contributed by atoms with van der Waals surface area (Å²) in [6.07, 6.45) is 3.64. The molecule has 1 atom stereocenters. The van der Waals surface area contributed by atoms with Gasteiger partial charge in [-0.2, -0.15) is 0 Å². The smallest absolute Gasteiger partial charge is 0.0552 e. The quantitative estimate of drug-likeness (QED) is 0.805. The van der Waals surface area contributed by atoms with Gasteiger partial charge in [-0.05, 0) is 48.1 Å². The zero-order chi connectivity index (χ0) is 14.5. The number of halogens is 1. The molecule has 2 aromatic rings. The Morgan fingerprint density at radius 1 is 1.05 bits per heavy atom. The molecule has 0 aliphatic carbocycles. The Hall–Kier alpha value is -1.12. The maximum absolute atomic E-state index is 6.36. The van der Waals surface area contributed by atoms with Gasteiger partial charge >= 0.3 is 0 Å². The summed E-state index contributed by atoms with van der Waals surface area (Å²) in [6.45, 7) is 4.31. The summed E-state index contributed by atoms with van der Waals surface area (Å²) in [5, 5.41) is 0. The van der Waals surface area contributed by atoms with E-state index in [1.807, 2.05) is 0 Å². The average Bonchev–Trinajstić information content (AvgIpc) is 2.48. The monoisotopic (exact) mass is 331 g/mol. The van der Waals surface area contributed by atoms with Crippen LogP contribution in [0.5, 0.6) is 0 Å². The fraction of sp³-hybridized carbons (Fsp3) is 0.333. The lowest BCUT2D eigenvalue weighted by atomic mass is 9.97. The Morgan fingerprint density at radius 3 is 2.30 bits per heavy atom. The van der Waals surface area contributed by atoms with Crippen molar-refractivity contribution >= 4 is 15.9 Å². The molecule has 0 spiro atoms. The highest BCUT2D eigenvalue weighted by atomic mass is 79.9. The number of rotatable bonds is 5. The van der Waals surface area contributed by atoms with Gasteiger partial charge in [0.15, 0.2) is 0 Å². The van der Waals surface area contributed by atoms with Gasteiger partial charge in [-0.15, -0.1) is 0 Å². The molecule has 0 amide bonds. The molecule has 0 heterocycles. The summed E-state index contributed by atoms with van der Waals surface area (Å²) in [4.78, 5) is 0. The van der Waals surface area contributed by atoms with Crippen molar-refractivity contribution in [1.29, 1.82) is 0 Å². The van der Waals surface area contributed by atoms with Crippen LogP contribution >= 0.6 is 15.9 Å². The van der Waals surface area contributed by atoms with Gasteiger partial charge in [-0.25, -0.2) is 0 Å². The molecule has 0 aliphatic heterocycles. The Labute approximate surface area is 130 Å². The normalized spacial score (nSPS) is 12.4. The Kier molecular flexibility index (Phi) is 5.38. The molecule has 0 fully saturated rings. The molecule has 0 bridgehead atoms. The molecule has 2 N–H and O–H groups in total. The molecule has 2 heteroatoms. The summed E-state index contributed by atoms with van der Waals surface area (Å²) in [5.41, 5.74) is 11.3. The van der Waals surface area contributed by atoms with Crippen molar-refractivity contribution in [1.82, 2.24) is 0 Å². The summed E-state index contributed by atoms with van der Waals surface area (Å²) in [6, 6.07) is 15.0. The van der Waals surface area contributed by atoms with Crippen LogP contribution in [0.3, 0.4) is 0 Å². The van der Waals surface area contributed by atoms with Crippen molar-refractivity contribution < 1.29 is 0 Å². The summed E-state index contributed by atoms with van der Waals surface area (Å²) in [7, 11) is 0. The van der Waals surface area contributed by atoms with Gasteiger partial charge in [0.2, 0.25) is 0 Å². The van der Waals surface area contributed by atoms with E-state index in [0.29, 0.717) is 0 Å². The molecule has 0 aliphatic rings. The minimum atomic E-state index is -0.0628. The number of hydrogen-bond donors (Lipinski definition) is 1. The van der Waals surface area contributed by atoms with Crippen molar-refractivity contribution in [3.63, 3.8) is 0 Å². The van der Waals surface area contributed by atoms with Crippen LogP contribution in [0.1, 0.15) is 48.1 Å². The highest BCUT2D eigenvalue weighted by Crippen LogP contribution is 2.25. The van der Waals surface area contributed by atoms with Crippen molar-refractivity contribution in [3.05, 3.63) is 69.2 Å². The maximum atomic E-state index is 6.36. The van der Waals surface area contributed by atoms with Gasteiger partial charge in [0, 0.05) is 4.47 Å². The van der Waals surface area contributed by atoms with Gasteiger partial charge in [0.1, 0.15) is 0 Å². The number of hydrogen-bond acceptors (Lipinski definition) is 1. The molecular weight excluding hydrogens is 310 g/mol. The van der Waals surface area contributed by atoms with Crippen LogP contribution in [0.15, 0.2) is 46.9 Å². The Morgan fingerprint density at radius 2 is 1.70 bits per heavy atom. The SMILES string of the molecule is CCCCc1ccc(C(N)c2ccc(C)c(Br)c2)cc1. The second kappa shape index (κ2) is 7.05. The van der Waals surface area contributed by atoms with Crippen LogP contribution < -0.4 is 5.73 Å². The average molecular weight is 332 g/mol.